The van der Waals surface area contributed by atoms with Crippen molar-refractivity contribution in [3.63, 3.8) is 0 Å². The number of anilines is 1. The molecule has 0 spiro atoms. The van der Waals surface area contributed by atoms with Crippen LogP contribution < -0.4 is 11.1 Å². The lowest BCUT2D eigenvalue weighted by Crippen LogP contribution is -2.22. The molecule has 0 aliphatic carbocycles. The summed E-state index contributed by atoms with van der Waals surface area (Å²) in [4.78, 5) is 11.9. The molecule has 0 unspecified atom stereocenters. The van der Waals surface area contributed by atoms with E-state index in [4.69, 9.17) is 17.3 Å². The number of hydrogen-bond donors (Lipinski definition) is 2. The molecule has 0 saturated heterocycles. The molecule has 2 aromatic carbocycles. The van der Waals surface area contributed by atoms with E-state index < -0.39 is 0 Å². The van der Waals surface area contributed by atoms with E-state index in [-0.39, 0.29) is 11.7 Å². The molecule has 3 N–H and O–H groups in total. The van der Waals surface area contributed by atoms with E-state index in [0.29, 0.717) is 22.8 Å². The van der Waals surface area contributed by atoms with Gasteiger partial charge >= 0.3 is 0 Å². The first-order chi connectivity index (χ1) is 9.04. The van der Waals surface area contributed by atoms with Crippen molar-refractivity contribution >= 4 is 23.2 Å². The molecule has 0 atom stereocenters. The lowest BCUT2D eigenvalue weighted by Gasteiger charge is -2.06. The Labute approximate surface area is 115 Å². The number of amides is 1. The van der Waals surface area contributed by atoms with Crippen molar-refractivity contribution in [2.75, 3.05) is 5.73 Å². The first-order valence-corrected chi connectivity index (χ1v) is 6.01. The Hall–Kier alpha value is -2.07. The zero-order valence-corrected chi connectivity index (χ0v) is 10.7. The SMILES string of the molecule is Nc1cc(Cl)cc(C(=O)NCc2ccc(F)cc2)c1. The third-order valence-corrected chi connectivity index (χ3v) is 2.77. The van der Waals surface area contributed by atoms with Gasteiger partial charge in [-0.05, 0) is 35.9 Å². The predicted octanol–water partition coefficient (Wildman–Crippen LogP) is 2.99. The van der Waals surface area contributed by atoms with Crippen LogP contribution in [0.3, 0.4) is 0 Å². The lowest BCUT2D eigenvalue weighted by atomic mass is 10.1. The molecular formula is C14H12ClFN2O. The second-order valence-electron chi connectivity index (χ2n) is 4.08. The molecule has 5 heteroatoms. The van der Waals surface area contributed by atoms with Gasteiger partial charge in [-0.15, -0.1) is 0 Å². The third kappa shape index (κ3) is 3.69. The van der Waals surface area contributed by atoms with E-state index in [1.54, 1.807) is 24.3 Å². The van der Waals surface area contributed by atoms with E-state index in [1.807, 2.05) is 0 Å². The normalized spacial score (nSPS) is 10.2. The average Bonchev–Trinajstić information content (AvgIpc) is 2.36. The molecule has 0 aliphatic rings. The highest BCUT2D eigenvalue weighted by Gasteiger charge is 2.07. The Morgan fingerprint density at radius 3 is 2.53 bits per heavy atom. The zero-order valence-electron chi connectivity index (χ0n) is 9.99. The van der Waals surface area contributed by atoms with Crippen LogP contribution in [0, 0.1) is 5.82 Å². The number of nitrogens with two attached hydrogens (primary N) is 1. The molecule has 1 amide bonds. The van der Waals surface area contributed by atoms with Crippen LogP contribution in [-0.4, -0.2) is 5.91 Å². The first-order valence-electron chi connectivity index (χ1n) is 5.63. The molecule has 2 rings (SSSR count). The van der Waals surface area contributed by atoms with Crippen LogP contribution in [0.25, 0.3) is 0 Å². The minimum atomic E-state index is -0.308. The van der Waals surface area contributed by atoms with E-state index in [1.165, 1.54) is 18.2 Å². The summed E-state index contributed by atoms with van der Waals surface area (Å²) >= 11 is 5.83. The minimum absolute atomic E-state index is 0.279. The largest absolute Gasteiger partial charge is 0.399 e. The average molecular weight is 279 g/mol. The fourth-order valence-corrected chi connectivity index (χ4v) is 1.87. The molecule has 0 saturated carbocycles. The van der Waals surface area contributed by atoms with Gasteiger partial charge in [0.05, 0.1) is 0 Å². The highest BCUT2D eigenvalue weighted by molar-refractivity contribution is 6.31. The second-order valence-corrected chi connectivity index (χ2v) is 4.52. The van der Waals surface area contributed by atoms with Crippen molar-refractivity contribution in [1.29, 1.82) is 0 Å². The van der Waals surface area contributed by atoms with Crippen molar-refractivity contribution in [1.82, 2.24) is 5.32 Å². The van der Waals surface area contributed by atoms with Crippen LogP contribution in [-0.2, 0) is 6.54 Å². The number of rotatable bonds is 3. The second kappa shape index (κ2) is 5.71. The molecule has 0 radical (unpaired) electrons. The van der Waals surface area contributed by atoms with Crippen molar-refractivity contribution in [3.05, 3.63) is 64.4 Å². The van der Waals surface area contributed by atoms with E-state index in [2.05, 4.69) is 5.32 Å². The molecule has 0 aliphatic heterocycles. The van der Waals surface area contributed by atoms with Crippen LogP contribution in [0.4, 0.5) is 10.1 Å². The summed E-state index contributed by atoms with van der Waals surface area (Å²) in [6.45, 7) is 0.311. The zero-order chi connectivity index (χ0) is 13.8. The van der Waals surface area contributed by atoms with Gasteiger partial charge in [0, 0.05) is 22.8 Å². The van der Waals surface area contributed by atoms with E-state index in [9.17, 15) is 9.18 Å². The van der Waals surface area contributed by atoms with Crippen LogP contribution in [0.5, 0.6) is 0 Å². The molecule has 0 fully saturated rings. The van der Waals surface area contributed by atoms with Gasteiger partial charge in [0.2, 0.25) is 0 Å². The maximum atomic E-state index is 12.7. The van der Waals surface area contributed by atoms with Gasteiger partial charge in [-0.25, -0.2) is 4.39 Å². The van der Waals surface area contributed by atoms with Gasteiger partial charge in [-0.3, -0.25) is 4.79 Å². The van der Waals surface area contributed by atoms with Gasteiger partial charge in [-0.1, -0.05) is 23.7 Å². The number of carbonyl (C=O) groups excluding carboxylic acids is 1. The summed E-state index contributed by atoms with van der Waals surface area (Å²) in [5, 5.41) is 3.12. The van der Waals surface area contributed by atoms with Gasteiger partial charge in [0.15, 0.2) is 0 Å². The maximum Gasteiger partial charge on any atom is 0.251 e. The monoisotopic (exact) mass is 278 g/mol. The van der Waals surface area contributed by atoms with Crippen molar-refractivity contribution in [2.45, 2.75) is 6.54 Å². The smallest absolute Gasteiger partial charge is 0.251 e. The predicted molar refractivity (Wildman–Crippen MR) is 73.4 cm³/mol. The fourth-order valence-electron chi connectivity index (χ4n) is 1.63. The first kappa shape index (κ1) is 13.4. The summed E-state index contributed by atoms with van der Waals surface area (Å²) in [6, 6.07) is 10.6. The molecule has 0 heterocycles. The number of carbonyl (C=O) groups is 1. The minimum Gasteiger partial charge on any atom is -0.399 e. The number of hydrogen-bond acceptors (Lipinski definition) is 2. The molecule has 98 valence electrons. The third-order valence-electron chi connectivity index (χ3n) is 2.55. The standard InChI is InChI=1S/C14H12ClFN2O/c15-11-5-10(6-13(17)7-11)14(19)18-8-9-1-3-12(16)4-2-9/h1-7H,8,17H2,(H,18,19). The molecular weight excluding hydrogens is 267 g/mol. The van der Waals surface area contributed by atoms with Gasteiger partial charge < -0.3 is 11.1 Å². The molecule has 3 nitrogen and oxygen atoms in total. The van der Waals surface area contributed by atoms with Crippen LogP contribution in [0.2, 0.25) is 5.02 Å². The number of halogens is 2. The maximum absolute atomic E-state index is 12.7. The quantitative estimate of drug-likeness (QED) is 0.848. The van der Waals surface area contributed by atoms with Crippen LogP contribution in [0.1, 0.15) is 15.9 Å². The Bertz CT molecular complexity index is 579. The van der Waals surface area contributed by atoms with Crippen molar-refractivity contribution in [3.8, 4) is 0 Å². The summed E-state index contributed by atoms with van der Waals surface area (Å²) in [5.74, 6) is -0.587. The van der Waals surface area contributed by atoms with Crippen LogP contribution >= 0.6 is 11.6 Å². The number of benzene rings is 2. The van der Waals surface area contributed by atoms with Gasteiger partial charge in [-0.2, -0.15) is 0 Å². The summed E-state index contributed by atoms with van der Waals surface area (Å²) < 4.78 is 12.7. The molecule has 19 heavy (non-hydrogen) atoms. The molecule has 2 aromatic rings. The molecule has 0 aromatic heterocycles. The summed E-state index contributed by atoms with van der Waals surface area (Å²) in [7, 11) is 0. The lowest BCUT2D eigenvalue weighted by molar-refractivity contribution is 0.0951. The Morgan fingerprint density at radius 1 is 1.21 bits per heavy atom. The highest BCUT2D eigenvalue weighted by Crippen LogP contribution is 2.16. The summed E-state index contributed by atoms with van der Waals surface area (Å²) in [5.41, 5.74) is 7.25. The number of nitrogen functional groups attached to an aromatic ring is 1. The van der Waals surface area contributed by atoms with Crippen LogP contribution in [0.15, 0.2) is 42.5 Å². The highest BCUT2D eigenvalue weighted by atomic mass is 35.5. The van der Waals surface area contributed by atoms with Crippen molar-refractivity contribution < 1.29 is 9.18 Å². The van der Waals surface area contributed by atoms with E-state index in [0.717, 1.165) is 5.56 Å². The molecule has 0 bridgehead atoms. The van der Waals surface area contributed by atoms with Gasteiger partial charge in [0.1, 0.15) is 5.82 Å². The fraction of sp³-hybridized carbons (Fsp3) is 0.0714. The Morgan fingerprint density at radius 2 is 1.89 bits per heavy atom. The number of nitrogens with one attached hydrogen (secondary N) is 1. The van der Waals surface area contributed by atoms with Crippen molar-refractivity contribution in [2.24, 2.45) is 0 Å². The Balaban J connectivity index is 2.03. The summed E-state index contributed by atoms with van der Waals surface area (Å²) in [6.07, 6.45) is 0. The van der Waals surface area contributed by atoms with E-state index >= 15 is 0 Å². The topological polar surface area (TPSA) is 55.1 Å². The Kier molecular flexibility index (Phi) is 4.02. The van der Waals surface area contributed by atoms with Gasteiger partial charge in [0.25, 0.3) is 5.91 Å².